The number of carbonyl (C=O) groups is 3. The van der Waals surface area contributed by atoms with Gasteiger partial charge in [0, 0.05) is 22.7 Å². The monoisotopic (exact) mass is 464 g/mol. The summed E-state index contributed by atoms with van der Waals surface area (Å²) >= 11 is 1.24. The number of hydrogen-bond donors (Lipinski definition) is 2. The SMILES string of the molecule is Cc1ccc(NC(=O)Cc2csc(NC(=O)CN(C(=O)c3ccccc3)C(C)C)n2)cc1C. The lowest BCUT2D eigenvalue weighted by Crippen LogP contribution is -2.42. The number of benzene rings is 2. The van der Waals surface area contributed by atoms with Crippen LogP contribution in [-0.4, -0.2) is 40.2 Å². The van der Waals surface area contributed by atoms with E-state index >= 15 is 0 Å². The minimum atomic E-state index is -0.339. The third-order valence-electron chi connectivity index (χ3n) is 5.15. The fourth-order valence-corrected chi connectivity index (χ4v) is 3.91. The molecule has 3 amide bonds. The highest BCUT2D eigenvalue weighted by molar-refractivity contribution is 7.13. The summed E-state index contributed by atoms with van der Waals surface area (Å²) in [5.41, 5.74) is 4.11. The van der Waals surface area contributed by atoms with Gasteiger partial charge in [0.05, 0.1) is 12.1 Å². The van der Waals surface area contributed by atoms with Crippen molar-refractivity contribution in [3.8, 4) is 0 Å². The van der Waals surface area contributed by atoms with Gasteiger partial charge in [-0.2, -0.15) is 0 Å². The van der Waals surface area contributed by atoms with Gasteiger partial charge >= 0.3 is 0 Å². The lowest BCUT2D eigenvalue weighted by molar-refractivity contribution is -0.117. The Morgan fingerprint density at radius 2 is 1.70 bits per heavy atom. The maximum Gasteiger partial charge on any atom is 0.254 e. The van der Waals surface area contributed by atoms with Crippen molar-refractivity contribution in [3.05, 3.63) is 76.3 Å². The summed E-state index contributed by atoms with van der Waals surface area (Å²) in [6, 6.07) is 14.5. The highest BCUT2D eigenvalue weighted by atomic mass is 32.1. The quantitative estimate of drug-likeness (QED) is 0.516. The zero-order valence-corrected chi connectivity index (χ0v) is 20.0. The number of nitrogens with one attached hydrogen (secondary N) is 2. The molecule has 8 heteroatoms. The minimum absolute atomic E-state index is 0.0897. The first-order chi connectivity index (χ1) is 15.7. The fraction of sp³-hybridized carbons (Fsp3) is 0.280. The smallest absolute Gasteiger partial charge is 0.254 e. The van der Waals surface area contributed by atoms with E-state index in [1.807, 2.05) is 52.0 Å². The van der Waals surface area contributed by atoms with Crippen molar-refractivity contribution in [2.45, 2.75) is 40.2 Å². The van der Waals surface area contributed by atoms with Crippen LogP contribution in [0.15, 0.2) is 53.9 Å². The normalized spacial score (nSPS) is 10.7. The number of thiazole rings is 1. The van der Waals surface area contributed by atoms with Crippen LogP contribution in [0.1, 0.15) is 41.0 Å². The largest absolute Gasteiger partial charge is 0.327 e. The number of aryl methyl sites for hydroxylation is 2. The molecule has 0 spiro atoms. The molecule has 0 aliphatic heterocycles. The molecule has 0 atom stereocenters. The van der Waals surface area contributed by atoms with Crippen LogP contribution in [0, 0.1) is 13.8 Å². The number of amides is 3. The number of hydrogen-bond acceptors (Lipinski definition) is 5. The first-order valence-electron chi connectivity index (χ1n) is 10.7. The van der Waals surface area contributed by atoms with Gasteiger partial charge in [-0.05, 0) is 63.1 Å². The van der Waals surface area contributed by atoms with Gasteiger partial charge in [0.2, 0.25) is 11.8 Å². The lowest BCUT2D eigenvalue weighted by atomic mass is 10.1. The zero-order valence-electron chi connectivity index (χ0n) is 19.2. The standard InChI is InChI=1S/C25H28N4O3S/c1-16(2)29(24(32)19-8-6-5-7-9-19)14-23(31)28-25-27-21(15-33-25)13-22(30)26-20-11-10-17(3)18(4)12-20/h5-12,15-16H,13-14H2,1-4H3,(H,26,30)(H,27,28,31). The van der Waals surface area contributed by atoms with Crippen molar-refractivity contribution >= 4 is 39.9 Å². The molecular formula is C25H28N4O3S. The molecule has 0 unspecified atom stereocenters. The number of aromatic nitrogens is 1. The number of anilines is 2. The average molecular weight is 465 g/mol. The third-order valence-corrected chi connectivity index (χ3v) is 5.96. The summed E-state index contributed by atoms with van der Waals surface area (Å²) in [5.74, 6) is -0.724. The van der Waals surface area contributed by atoms with Gasteiger partial charge in [-0.3, -0.25) is 14.4 Å². The number of nitrogens with zero attached hydrogens (tertiary/aromatic N) is 2. The Hall–Kier alpha value is -3.52. The Kier molecular flexibility index (Phi) is 7.95. The fourth-order valence-electron chi connectivity index (χ4n) is 3.18. The Morgan fingerprint density at radius 3 is 2.36 bits per heavy atom. The highest BCUT2D eigenvalue weighted by Crippen LogP contribution is 2.18. The number of carbonyl (C=O) groups excluding carboxylic acids is 3. The van der Waals surface area contributed by atoms with Crippen LogP contribution in [0.5, 0.6) is 0 Å². The molecule has 2 aromatic carbocycles. The van der Waals surface area contributed by atoms with Crippen molar-refractivity contribution in [2.75, 3.05) is 17.2 Å². The van der Waals surface area contributed by atoms with Crippen LogP contribution in [0.4, 0.5) is 10.8 Å². The molecule has 33 heavy (non-hydrogen) atoms. The van der Waals surface area contributed by atoms with Gasteiger partial charge in [-0.1, -0.05) is 24.3 Å². The van der Waals surface area contributed by atoms with Gasteiger partial charge in [0.15, 0.2) is 5.13 Å². The van der Waals surface area contributed by atoms with E-state index in [-0.39, 0.29) is 36.7 Å². The molecule has 0 radical (unpaired) electrons. The van der Waals surface area contributed by atoms with Crippen LogP contribution in [0.25, 0.3) is 0 Å². The van der Waals surface area contributed by atoms with E-state index < -0.39 is 0 Å². The van der Waals surface area contributed by atoms with Crippen molar-refractivity contribution in [2.24, 2.45) is 0 Å². The molecule has 0 aliphatic carbocycles. The molecule has 7 nitrogen and oxygen atoms in total. The van der Waals surface area contributed by atoms with Gasteiger partial charge in [-0.15, -0.1) is 11.3 Å². The second-order valence-electron chi connectivity index (χ2n) is 8.11. The summed E-state index contributed by atoms with van der Waals surface area (Å²) in [5, 5.41) is 7.74. The second kappa shape index (κ2) is 10.9. The van der Waals surface area contributed by atoms with E-state index in [0.717, 1.165) is 16.8 Å². The lowest BCUT2D eigenvalue weighted by Gasteiger charge is -2.26. The predicted octanol–water partition coefficient (Wildman–Crippen LogP) is 4.43. The first-order valence-corrected chi connectivity index (χ1v) is 11.6. The topological polar surface area (TPSA) is 91.4 Å². The Labute approximate surface area is 197 Å². The van der Waals surface area contributed by atoms with Crippen molar-refractivity contribution in [1.29, 1.82) is 0 Å². The molecule has 0 saturated heterocycles. The molecule has 172 valence electrons. The van der Waals surface area contributed by atoms with Gasteiger partial charge in [-0.25, -0.2) is 4.98 Å². The van der Waals surface area contributed by atoms with Crippen LogP contribution in [-0.2, 0) is 16.0 Å². The van der Waals surface area contributed by atoms with Gasteiger partial charge in [0.1, 0.15) is 6.54 Å². The maximum absolute atomic E-state index is 12.8. The van der Waals surface area contributed by atoms with Crippen LogP contribution in [0.2, 0.25) is 0 Å². The van der Waals surface area contributed by atoms with Gasteiger partial charge < -0.3 is 15.5 Å². The average Bonchev–Trinajstić information content (AvgIpc) is 3.20. The van der Waals surface area contributed by atoms with Crippen molar-refractivity contribution in [3.63, 3.8) is 0 Å². The highest BCUT2D eigenvalue weighted by Gasteiger charge is 2.22. The van der Waals surface area contributed by atoms with E-state index in [0.29, 0.717) is 16.4 Å². The molecule has 3 aromatic rings. The Balaban J connectivity index is 1.56. The van der Waals surface area contributed by atoms with E-state index in [9.17, 15) is 14.4 Å². The Bertz CT molecular complexity index is 1140. The summed E-state index contributed by atoms with van der Waals surface area (Å²) in [7, 11) is 0. The zero-order chi connectivity index (χ0) is 24.0. The maximum atomic E-state index is 12.8. The summed E-state index contributed by atoms with van der Waals surface area (Å²) < 4.78 is 0. The first kappa shape index (κ1) is 24.1. The second-order valence-corrected chi connectivity index (χ2v) is 8.97. The van der Waals surface area contributed by atoms with Crippen molar-refractivity contribution < 1.29 is 14.4 Å². The minimum Gasteiger partial charge on any atom is -0.327 e. The molecular weight excluding hydrogens is 436 g/mol. The van der Waals surface area contributed by atoms with Crippen molar-refractivity contribution in [1.82, 2.24) is 9.88 Å². The predicted molar refractivity (Wildman–Crippen MR) is 132 cm³/mol. The number of rotatable bonds is 8. The molecule has 0 fully saturated rings. The Morgan fingerprint density at radius 1 is 0.970 bits per heavy atom. The van der Waals surface area contributed by atoms with E-state index in [1.54, 1.807) is 29.6 Å². The summed E-state index contributed by atoms with van der Waals surface area (Å²) in [6.07, 6.45) is 0.101. The van der Waals surface area contributed by atoms with E-state index in [2.05, 4.69) is 15.6 Å². The molecule has 1 aromatic heterocycles. The molecule has 0 saturated carbocycles. The van der Waals surface area contributed by atoms with Crippen LogP contribution in [0.3, 0.4) is 0 Å². The molecule has 0 aliphatic rings. The van der Waals surface area contributed by atoms with E-state index in [1.165, 1.54) is 16.2 Å². The molecule has 0 bridgehead atoms. The van der Waals surface area contributed by atoms with Crippen LogP contribution < -0.4 is 10.6 Å². The van der Waals surface area contributed by atoms with Gasteiger partial charge in [0.25, 0.3) is 5.91 Å². The summed E-state index contributed by atoms with van der Waals surface area (Å²) in [6.45, 7) is 7.65. The molecule has 1 heterocycles. The molecule has 2 N–H and O–H groups in total. The molecule has 3 rings (SSSR count). The van der Waals surface area contributed by atoms with Crippen LogP contribution >= 0.6 is 11.3 Å². The third kappa shape index (κ3) is 6.73. The summed E-state index contributed by atoms with van der Waals surface area (Å²) in [4.78, 5) is 43.6. The van der Waals surface area contributed by atoms with E-state index in [4.69, 9.17) is 0 Å².